The van der Waals surface area contributed by atoms with Gasteiger partial charge in [-0.25, -0.2) is 0 Å². The van der Waals surface area contributed by atoms with Crippen molar-refractivity contribution in [2.45, 2.75) is 0 Å². The van der Waals surface area contributed by atoms with E-state index in [-0.39, 0.29) is 0 Å². The minimum atomic E-state index is 0.795. The lowest BCUT2D eigenvalue weighted by Gasteiger charge is -1.94. The van der Waals surface area contributed by atoms with Gasteiger partial charge in [0.15, 0.2) is 0 Å². The van der Waals surface area contributed by atoms with E-state index in [2.05, 4.69) is 31.6 Å². The number of hydrogen-bond acceptors (Lipinski definition) is 1. The van der Waals surface area contributed by atoms with Gasteiger partial charge < -0.3 is 5.32 Å². The van der Waals surface area contributed by atoms with Crippen molar-refractivity contribution in [2.75, 3.05) is 0 Å². The second kappa shape index (κ2) is 6.92. The molecule has 0 aromatic heterocycles. The summed E-state index contributed by atoms with van der Waals surface area (Å²) in [6, 6.07) is 0. The molecule has 0 aliphatic rings. The molecule has 1 nitrogen and oxygen atoms in total. The summed E-state index contributed by atoms with van der Waals surface area (Å²) in [5.41, 5.74) is 1.68. The van der Waals surface area contributed by atoms with Crippen LogP contribution in [0.5, 0.6) is 0 Å². The molecular weight excluding hydrogens is 158 g/mol. The third-order valence-corrected chi connectivity index (χ3v) is 1.27. The highest BCUT2D eigenvalue weighted by atomic mass is 14.8. The zero-order chi connectivity index (χ0) is 10.1. The molecule has 0 spiro atoms. The van der Waals surface area contributed by atoms with Crippen molar-refractivity contribution >= 4 is 0 Å². The van der Waals surface area contributed by atoms with E-state index >= 15 is 0 Å². The highest BCUT2D eigenvalue weighted by Crippen LogP contribution is 1.94. The molecule has 0 aliphatic heterocycles. The quantitative estimate of drug-likeness (QED) is 0.609. The van der Waals surface area contributed by atoms with Crippen molar-refractivity contribution in [1.82, 2.24) is 5.32 Å². The average Bonchev–Trinajstić information content (AvgIpc) is 2.12. The van der Waals surface area contributed by atoms with Crippen LogP contribution in [0.15, 0.2) is 74.2 Å². The maximum atomic E-state index is 3.74. The summed E-state index contributed by atoms with van der Waals surface area (Å²) < 4.78 is 0. The van der Waals surface area contributed by atoms with Crippen LogP contribution < -0.4 is 5.32 Å². The second-order valence-electron chi connectivity index (χ2n) is 2.37. The van der Waals surface area contributed by atoms with E-state index in [0.717, 1.165) is 11.3 Å². The molecule has 0 saturated heterocycles. The second-order valence-corrected chi connectivity index (χ2v) is 2.37. The summed E-state index contributed by atoms with van der Waals surface area (Å²) in [6.07, 6.45) is 10.7. The first-order valence-electron chi connectivity index (χ1n) is 3.93. The smallest absolute Gasteiger partial charge is 0.0306 e. The van der Waals surface area contributed by atoms with Gasteiger partial charge >= 0.3 is 0 Å². The van der Waals surface area contributed by atoms with Crippen LogP contribution in [0.2, 0.25) is 0 Å². The topological polar surface area (TPSA) is 12.0 Å². The fourth-order valence-electron chi connectivity index (χ4n) is 0.598. The Morgan fingerprint density at radius 2 is 1.62 bits per heavy atom. The van der Waals surface area contributed by atoms with Gasteiger partial charge in [-0.05, 0) is 17.8 Å². The Morgan fingerprint density at radius 1 is 1.00 bits per heavy atom. The summed E-state index contributed by atoms with van der Waals surface area (Å²) in [5, 5.41) is 2.85. The van der Waals surface area contributed by atoms with Crippen LogP contribution in [0.25, 0.3) is 0 Å². The van der Waals surface area contributed by atoms with Crippen LogP contribution in [-0.4, -0.2) is 0 Å². The van der Waals surface area contributed by atoms with Gasteiger partial charge in [0, 0.05) is 5.70 Å². The molecule has 0 saturated carbocycles. The van der Waals surface area contributed by atoms with E-state index in [1.54, 1.807) is 12.3 Å². The number of allylic oxidation sites excluding steroid dienone is 6. The van der Waals surface area contributed by atoms with E-state index < -0.39 is 0 Å². The number of hydrogen-bond donors (Lipinski definition) is 1. The average molecular weight is 173 g/mol. The Hall–Kier alpha value is -1.76. The summed E-state index contributed by atoms with van der Waals surface area (Å²) in [6.45, 7) is 14.6. The molecule has 0 rings (SSSR count). The monoisotopic (exact) mass is 173 g/mol. The van der Waals surface area contributed by atoms with Crippen LogP contribution >= 0.6 is 0 Å². The van der Waals surface area contributed by atoms with Gasteiger partial charge in [-0.2, -0.15) is 0 Å². The zero-order valence-corrected chi connectivity index (χ0v) is 7.79. The third kappa shape index (κ3) is 6.63. The van der Waals surface area contributed by atoms with Crippen molar-refractivity contribution in [3.63, 3.8) is 0 Å². The van der Waals surface area contributed by atoms with Crippen LogP contribution in [-0.2, 0) is 0 Å². The van der Waals surface area contributed by atoms with Gasteiger partial charge in [-0.3, -0.25) is 0 Å². The standard InChI is InChI=1S/C12H15N/c1-5-11(3)9-7-8-10-12(4)13-6-2/h5-10,13H,1-4H2/b9-7-,10-8-. The van der Waals surface area contributed by atoms with Crippen molar-refractivity contribution < 1.29 is 0 Å². The van der Waals surface area contributed by atoms with Crippen LogP contribution in [0.1, 0.15) is 0 Å². The third-order valence-electron chi connectivity index (χ3n) is 1.27. The first-order valence-corrected chi connectivity index (χ1v) is 3.93. The minimum absolute atomic E-state index is 0.795. The molecule has 0 aromatic rings. The van der Waals surface area contributed by atoms with E-state index in [0.29, 0.717) is 0 Å². The van der Waals surface area contributed by atoms with Gasteiger partial charge in [0.05, 0.1) is 0 Å². The Kier molecular flexibility index (Phi) is 5.98. The van der Waals surface area contributed by atoms with Crippen LogP contribution in [0.3, 0.4) is 0 Å². The zero-order valence-electron chi connectivity index (χ0n) is 7.79. The SMILES string of the molecule is C=CNC(=C)/C=C\C=C/C(=C)C=C. The van der Waals surface area contributed by atoms with E-state index in [4.69, 9.17) is 0 Å². The maximum Gasteiger partial charge on any atom is 0.0306 e. The Bertz CT molecular complexity index is 267. The first-order chi connectivity index (χ1) is 6.20. The Labute approximate surface area is 80.2 Å². The lowest BCUT2D eigenvalue weighted by atomic mass is 10.2. The summed E-state index contributed by atoms with van der Waals surface area (Å²) in [5.74, 6) is 0. The maximum absolute atomic E-state index is 3.74. The van der Waals surface area contributed by atoms with E-state index in [1.165, 1.54) is 0 Å². The highest BCUT2D eigenvalue weighted by Gasteiger charge is 1.78. The summed E-state index contributed by atoms with van der Waals surface area (Å²) >= 11 is 0. The van der Waals surface area contributed by atoms with Gasteiger partial charge in [0.1, 0.15) is 0 Å². The lowest BCUT2D eigenvalue weighted by molar-refractivity contribution is 1.13. The molecule has 1 heteroatoms. The Morgan fingerprint density at radius 3 is 2.15 bits per heavy atom. The minimum Gasteiger partial charge on any atom is -0.363 e. The fourth-order valence-corrected chi connectivity index (χ4v) is 0.598. The molecule has 13 heavy (non-hydrogen) atoms. The number of nitrogens with one attached hydrogen (secondary N) is 1. The first kappa shape index (κ1) is 11.2. The van der Waals surface area contributed by atoms with Crippen molar-refractivity contribution in [3.05, 3.63) is 74.2 Å². The molecule has 0 aliphatic carbocycles. The molecule has 0 aromatic carbocycles. The molecule has 68 valence electrons. The van der Waals surface area contributed by atoms with E-state index in [9.17, 15) is 0 Å². The lowest BCUT2D eigenvalue weighted by Crippen LogP contribution is -1.98. The van der Waals surface area contributed by atoms with E-state index in [1.807, 2.05) is 24.3 Å². The molecule has 0 heterocycles. The Balaban J connectivity index is 3.93. The normalized spacial score (nSPS) is 10.2. The predicted octanol–water partition coefficient (Wildman–Crippen LogP) is 3.09. The molecule has 0 atom stereocenters. The van der Waals surface area contributed by atoms with Gasteiger partial charge in [-0.15, -0.1) is 0 Å². The molecule has 0 radical (unpaired) electrons. The van der Waals surface area contributed by atoms with Crippen LogP contribution in [0.4, 0.5) is 0 Å². The molecule has 0 unspecified atom stereocenters. The van der Waals surface area contributed by atoms with Crippen LogP contribution in [0, 0.1) is 0 Å². The molecule has 0 bridgehead atoms. The largest absolute Gasteiger partial charge is 0.363 e. The van der Waals surface area contributed by atoms with Crippen molar-refractivity contribution in [3.8, 4) is 0 Å². The van der Waals surface area contributed by atoms with Gasteiger partial charge in [0.2, 0.25) is 0 Å². The summed E-state index contributed by atoms with van der Waals surface area (Å²) in [4.78, 5) is 0. The highest BCUT2D eigenvalue weighted by molar-refractivity contribution is 5.29. The van der Waals surface area contributed by atoms with Gasteiger partial charge in [-0.1, -0.05) is 50.6 Å². The van der Waals surface area contributed by atoms with Crippen molar-refractivity contribution in [2.24, 2.45) is 0 Å². The molecule has 0 amide bonds. The fraction of sp³-hybridized carbons (Fsp3) is 0. The predicted molar refractivity (Wildman–Crippen MR) is 60.1 cm³/mol. The summed E-state index contributed by atoms with van der Waals surface area (Å²) in [7, 11) is 0. The van der Waals surface area contributed by atoms with Gasteiger partial charge in [0.25, 0.3) is 0 Å². The number of rotatable bonds is 6. The van der Waals surface area contributed by atoms with Crippen molar-refractivity contribution in [1.29, 1.82) is 0 Å². The molecule has 0 fully saturated rings. The molecule has 1 N–H and O–H groups in total. The molecular formula is C12H15N.